The molecule has 0 aliphatic carbocycles. The summed E-state index contributed by atoms with van der Waals surface area (Å²) in [5.41, 5.74) is 4.90. The number of hydrazone groups is 1. The molecule has 0 saturated heterocycles. The van der Waals surface area contributed by atoms with Crippen LogP contribution in [-0.4, -0.2) is 33.7 Å². The number of carboxylic acids is 1. The fraction of sp³-hybridized carbons (Fsp3) is 0.0769. The summed E-state index contributed by atoms with van der Waals surface area (Å²) < 4.78 is 0. The Balaban J connectivity index is 1.37. The van der Waals surface area contributed by atoms with E-state index < -0.39 is 11.9 Å². The van der Waals surface area contributed by atoms with Gasteiger partial charge >= 0.3 is 5.97 Å². The second-order valence-corrected chi connectivity index (χ2v) is 10.7. The summed E-state index contributed by atoms with van der Waals surface area (Å²) in [6.45, 7) is 1.85. The third-order valence-corrected chi connectivity index (χ3v) is 8.21. The zero-order valence-corrected chi connectivity index (χ0v) is 22.8. The molecular weight excluding hydrogens is 569 g/mol. The SMILES string of the molecule is CC(=NNC(=O)c1ccc(C(=O)NCc2ccc(C(=O)O)cc2)s1)c1csc(-c2ccc(Cl)c(Cl)c2)c1O. The quantitative estimate of drug-likeness (QED) is 0.143. The predicted octanol–water partition coefficient (Wildman–Crippen LogP) is 6.27. The van der Waals surface area contributed by atoms with Gasteiger partial charge in [0, 0.05) is 11.9 Å². The number of halogens is 2. The van der Waals surface area contributed by atoms with Crippen LogP contribution in [0.1, 0.15) is 47.8 Å². The van der Waals surface area contributed by atoms with Crippen molar-refractivity contribution < 1.29 is 24.6 Å². The monoisotopic (exact) mass is 587 g/mol. The maximum Gasteiger partial charge on any atom is 0.335 e. The lowest BCUT2D eigenvalue weighted by molar-refractivity contribution is 0.0696. The van der Waals surface area contributed by atoms with Crippen LogP contribution in [0.4, 0.5) is 0 Å². The lowest BCUT2D eigenvalue weighted by Gasteiger charge is -2.04. The molecule has 2 aromatic heterocycles. The van der Waals surface area contributed by atoms with Gasteiger partial charge in [-0.3, -0.25) is 9.59 Å². The molecule has 4 rings (SSSR count). The van der Waals surface area contributed by atoms with E-state index in [0.717, 1.165) is 16.9 Å². The molecule has 0 aliphatic rings. The van der Waals surface area contributed by atoms with E-state index >= 15 is 0 Å². The maximum absolute atomic E-state index is 12.6. The van der Waals surface area contributed by atoms with Crippen LogP contribution in [0, 0.1) is 0 Å². The Morgan fingerprint density at radius 3 is 2.29 bits per heavy atom. The van der Waals surface area contributed by atoms with E-state index in [-0.39, 0.29) is 28.6 Å². The highest BCUT2D eigenvalue weighted by Crippen LogP contribution is 2.40. The van der Waals surface area contributed by atoms with Crippen molar-refractivity contribution in [2.75, 3.05) is 0 Å². The van der Waals surface area contributed by atoms with Crippen LogP contribution in [0.15, 0.2) is 65.1 Å². The molecule has 0 bridgehead atoms. The lowest BCUT2D eigenvalue weighted by atomic mass is 10.1. The van der Waals surface area contributed by atoms with Gasteiger partial charge in [0.15, 0.2) is 0 Å². The Morgan fingerprint density at radius 1 is 0.947 bits per heavy atom. The van der Waals surface area contributed by atoms with Crippen molar-refractivity contribution in [2.45, 2.75) is 13.5 Å². The molecule has 0 atom stereocenters. The highest BCUT2D eigenvalue weighted by molar-refractivity contribution is 7.16. The van der Waals surface area contributed by atoms with Gasteiger partial charge in [0.05, 0.1) is 41.5 Å². The second kappa shape index (κ2) is 11.8. The minimum atomic E-state index is -1.02. The number of hydrogen-bond acceptors (Lipinski definition) is 7. The van der Waals surface area contributed by atoms with E-state index in [4.69, 9.17) is 28.3 Å². The number of carboxylic acid groups (broad SMARTS) is 1. The summed E-state index contributed by atoms with van der Waals surface area (Å²) in [5, 5.41) is 29.0. The van der Waals surface area contributed by atoms with Crippen molar-refractivity contribution in [3.63, 3.8) is 0 Å². The predicted molar refractivity (Wildman–Crippen MR) is 150 cm³/mol. The Hall–Kier alpha value is -3.70. The Morgan fingerprint density at radius 2 is 1.63 bits per heavy atom. The number of nitrogens with zero attached hydrogens (tertiary/aromatic N) is 1. The van der Waals surface area contributed by atoms with Gasteiger partial charge in [0.2, 0.25) is 0 Å². The molecule has 0 unspecified atom stereocenters. The molecule has 2 heterocycles. The Labute approximate surface area is 235 Å². The molecule has 2 aromatic carbocycles. The number of aromatic carboxylic acids is 1. The van der Waals surface area contributed by atoms with E-state index in [1.54, 1.807) is 42.6 Å². The normalized spacial score (nSPS) is 11.3. The third kappa shape index (κ3) is 6.22. The molecule has 8 nitrogen and oxygen atoms in total. The fourth-order valence-electron chi connectivity index (χ4n) is 3.32. The van der Waals surface area contributed by atoms with E-state index in [1.807, 2.05) is 0 Å². The summed E-state index contributed by atoms with van der Waals surface area (Å²) in [4.78, 5) is 37.2. The second-order valence-electron chi connectivity index (χ2n) is 7.94. The van der Waals surface area contributed by atoms with Crippen molar-refractivity contribution >= 4 is 69.4 Å². The number of carbonyl (C=O) groups is 3. The van der Waals surface area contributed by atoms with Crippen molar-refractivity contribution in [1.82, 2.24) is 10.7 Å². The lowest BCUT2D eigenvalue weighted by Crippen LogP contribution is -2.22. The van der Waals surface area contributed by atoms with Crippen molar-refractivity contribution in [2.24, 2.45) is 5.10 Å². The molecule has 2 amide bonds. The van der Waals surface area contributed by atoms with Crippen LogP contribution in [0.3, 0.4) is 0 Å². The summed E-state index contributed by atoms with van der Waals surface area (Å²) in [6, 6.07) is 14.3. The van der Waals surface area contributed by atoms with Gasteiger partial charge in [-0.2, -0.15) is 5.10 Å². The Kier molecular flexibility index (Phi) is 8.48. The van der Waals surface area contributed by atoms with Crippen LogP contribution < -0.4 is 10.7 Å². The average Bonchev–Trinajstić information content (AvgIpc) is 3.55. The van der Waals surface area contributed by atoms with Gasteiger partial charge in [0.25, 0.3) is 11.8 Å². The average molecular weight is 588 g/mol. The molecular formula is C26H19Cl2N3O5S2. The first-order valence-corrected chi connectivity index (χ1v) is 13.4. The summed E-state index contributed by atoms with van der Waals surface area (Å²) >= 11 is 14.4. The molecule has 0 aliphatic heterocycles. The fourth-order valence-corrected chi connectivity index (χ4v) is 5.43. The first-order valence-electron chi connectivity index (χ1n) is 10.9. The summed E-state index contributed by atoms with van der Waals surface area (Å²) in [6.07, 6.45) is 0. The minimum Gasteiger partial charge on any atom is -0.506 e. The van der Waals surface area contributed by atoms with Crippen molar-refractivity contribution in [3.05, 3.63) is 96.5 Å². The molecule has 0 radical (unpaired) electrons. The van der Waals surface area contributed by atoms with E-state index in [0.29, 0.717) is 36.6 Å². The molecule has 12 heteroatoms. The Bertz CT molecular complexity index is 1560. The first-order chi connectivity index (χ1) is 18.1. The molecule has 4 aromatic rings. The van der Waals surface area contributed by atoms with Crippen molar-refractivity contribution in [3.8, 4) is 16.2 Å². The number of hydrogen-bond donors (Lipinski definition) is 4. The molecule has 194 valence electrons. The zero-order chi connectivity index (χ0) is 27.4. The van der Waals surface area contributed by atoms with Crippen LogP contribution >= 0.6 is 45.9 Å². The van der Waals surface area contributed by atoms with E-state index in [2.05, 4.69) is 15.8 Å². The zero-order valence-electron chi connectivity index (χ0n) is 19.6. The number of nitrogens with one attached hydrogen (secondary N) is 2. The number of benzene rings is 2. The van der Waals surface area contributed by atoms with Gasteiger partial charge < -0.3 is 15.5 Å². The van der Waals surface area contributed by atoms with E-state index in [9.17, 15) is 19.5 Å². The van der Waals surface area contributed by atoms with Crippen molar-refractivity contribution in [1.29, 1.82) is 0 Å². The molecule has 0 saturated carbocycles. The number of rotatable bonds is 8. The maximum atomic E-state index is 12.6. The van der Waals surface area contributed by atoms with Gasteiger partial charge in [-0.05, 0) is 54.4 Å². The van der Waals surface area contributed by atoms with Crippen LogP contribution in [-0.2, 0) is 6.54 Å². The van der Waals surface area contributed by atoms with Gasteiger partial charge in [-0.1, -0.05) is 41.4 Å². The van der Waals surface area contributed by atoms with Crippen LogP contribution in [0.5, 0.6) is 5.75 Å². The standard InChI is InChI=1S/C26H19Cl2N3O5S2/c1-13(17-12-37-23(22(17)32)16-6-7-18(27)19(28)10-16)30-31-25(34)21-9-8-20(38-21)24(33)29-11-14-2-4-15(5-3-14)26(35)36/h2-10,12,32H,11H2,1H3,(H,29,33)(H,31,34)(H,35,36). The highest BCUT2D eigenvalue weighted by Gasteiger charge is 2.17. The number of carbonyl (C=O) groups excluding carboxylic acids is 2. The smallest absolute Gasteiger partial charge is 0.335 e. The van der Waals surface area contributed by atoms with Crippen LogP contribution in [0.25, 0.3) is 10.4 Å². The van der Waals surface area contributed by atoms with Gasteiger partial charge in [-0.15, -0.1) is 22.7 Å². The summed E-state index contributed by atoms with van der Waals surface area (Å²) in [7, 11) is 0. The molecule has 0 fully saturated rings. The minimum absolute atomic E-state index is 0.0107. The highest BCUT2D eigenvalue weighted by atomic mass is 35.5. The number of amides is 2. The topological polar surface area (TPSA) is 128 Å². The molecule has 0 spiro atoms. The number of aromatic hydroxyl groups is 1. The van der Waals surface area contributed by atoms with Gasteiger partial charge in [-0.25, -0.2) is 10.2 Å². The first kappa shape index (κ1) is 27.3. The summed E-state index contributed by atoms with van der Waals surface area (Å²) in [5.74, 6) is -1.88. The van der Waals surface area contributed by atoms with Gasteiger partial charge in [0.1, 0.15) is 5.75 Å². The number of thiophene rings is 2. The largest absolute Gasteiger partial charge is 0.506 e. The van der Waals surface area contributed by atoms with E-state index in [1.165, 1.54) is 35.6 Å². The third-order valence-electron chi connectivity index (χ3n) is 5.37. The molecule has 38 heavy (non-hydrogen) atoms. The molecule has 4 N–H and O–H groups in total. The van der Waals surface area contributed by atoms with Crippen LogP contribution in [0.2, 0.25) is 10.0 Å².